The molecule has 5 heteroatoms. The summed E-state index contributed by atoms with van der Waals surface area (Å²) in [5.41, 5.74) is 0.0453. The minimum atomic E-state index is 0.0453. The van der Waals surface area contributed by atoms with E-state index in [-0.39, 0.29) is 5.41 Å². The van der Waals surface area contributed by atoms with Crippen molar-refractivity contribution in [1.82, 2.24) is 9.36 Å². The summed E-state index contributed by atoms with van der Waals surface area (Å²) in [6.07, 6.45) is 3.93. The van der Waals surface area contributed by atoms with E-state index in [2.05, 4.69) is 54.1 Å². The zero-order chi connectivity index (χ0) is 13.2. The van der Waals surface area contributed by atoms with E-state index in [0.717, 1.165) is 16.2 Å². The Morgan fingerprint density at radius 2 is 2.17 bits per heavy atom. The Hall–Kier alpha value is -0.290. The van der Waals surface area contributed by atoms with Crippen LogP contribution in [0.3, 0.4) is 0 Å². The maximum Gasteiger partial charge on any atom is 0.202 e. The van der Waals surface area contributed by atoms with Crippen molar-refractivity contribution in [3.63, 3.8) is 0 Å². The van der Waals surface area contributed by atoms with Gasteiger partial charge in [0.25, 0.3) is 0 Å². The Kier molecular flexibility index (Phi) is 4.54. The largest absolute Gasteiger partial charge is 0.356 e. The topological polar surface area (TPSA) is 37.8 Å². The molecule has 0 saturated heterocycles. The second-order valence-electron chi connectivity index (χ2n) is 5.85. The van der Waals surface area contributed by atoms with Gasteiger partial charge in [-0.2, -0.15) is 16.1 Å². The third-order valence-corrected chi connectivity index (χ3v) is 5.21. The maximum atomic E-state index is 4.63. The van der Waals surface area contributed by atoms with Gasteiger partial charge in [-0.3, -0.25) is 0 Å². The van der Waals surface area contributed by atoms with E-state index in [1.165, 1.54) is 36.5 Å². The molecule has 0 amide bonds. The lowest BCUT2D eigenvalue weighted by Crippen LogP contribution is -2.26. The van der Waals surface area contributed by atoms with Crippen molar-refractivity contribution in [1.29, 1.82) is 0 Å². The molecule has 18 heavy (non-hydrogen) atoms. The van der Waals surface area contributed by atoms with E-state index in [4.69, 9.17) is 0 Å². The molecule has 1 aliphatic rings. The molecule has 102 valence electrons. The van der Waals surface area contributed by atoms with Gasteiger partial charge in [-0.15, -0.1) is 0 Å². The van der Waals surface area contributed by atoms with Gasteiger partial charge in [0.2, 0.25) is 5.13 Å². The van der Waals surface area contributed by atoms with Crippen LogP contribution in [0.1, 0.15) is 52.8 Å². The molecule has 0 aliphatic heterocycles. The molecular formula is C13H23N3S2. The minimum absolute atomic E-state index is 0.0453. The summed E-state index contributed by atoms with van der Waals surface area (Å²) in [5, 5.41) is 5.33. The van der Waals surface area contributed by atoms with E-state index in [1.54, 1.807) is 0 Å². The van der Waals surface area contributed by atoms with Gasteiger partial charge in [-0.1, -0.05) is 34.1 Å². The Balaban J connectivity index is 1.99. The van der Waals surface area contributed by atoms with Crippen LogP contribution in [0.25, 0.3) is 0 Å². The second-order valence-corrected chi connectivity index (χ2v) is 8.12. The molecule has 0 spiro atoms. The Morgan fingerprint density at radius 1 is 1.39 bits per heavy atom. The normalized spacial score (nSPS) is 24.4. The molecule has 1 saturated carbocycles. The summed E-state index contributed by atoms with van der Waals surface area (Å²) in [4.78, 5) is 4.63. The fourth-order valence-corrected chi connectivity index (χ4v) is 4.27. The van der Waals surface area contributed by atoms with Crippen LogP contribution < -0.4 is 5.32 Å². The first-order chi connectivity index (χ1) is 8.50. The van der Waals surface area contributed by atoms with Crippen LogP contribution in [-0.2, 0) is 5.41 Å². The molecule has 1 fully saturated rings. The van der Waals surface area contributed by atoms with Crippen LogP contribution in [0.4, 0.5) is 5.13 Å². The molecule has 0 radical (unpaired) electrons. The Morgan fingerprint density at radius 3 is 2.78 bits per heavy atom. The predicted molar refractivity (Wildman–Crippen MR) is 81.8 cm³/mol. The summed E-state index contributed by atoms with van der Waals surface area (Å²) in [6, 6.07) is 0.579. The summed E-state index contributed by atoms with van der Waals surface area (Å²) in [7, 11) is 0. The van der Waals surface area contributed by atoms with Crippen LogP contribution in [-0.4, -0.2) is 26.4 Å². The Bertz CT molecular complexity index is 384. The molecular weight excluding hydrogens is 262 g/mol. The third-order valence-electron chi connectivity index (χ3n) is 3.24. The highest BCUT2D eigenvalue weighted by Crippen LogP contribution is 2.33. The highest BCUT2D eigenvalue weighted by Gasteiger charge is 2.28. The van der Waals surface area contributed by atoms with Gasteiger partial charge in [0.15, 0.2) is 0 Å². The number of nitrogens with one attached hydrogen (secondary N) is 1. The molecule has 2 atom stereocenters. The van der Waals surface area contributed by atoms with Crippen LogP contribution in [0.15, 0.2) is 0 Å². The van der Waals surface area contributed by atoms with E-state index in [1.807, 2.05) is 0 Å². The predicted octanol–water partition coefficient (Wildman–Crippen LogP) is 3.92. The standard InChI is InChI=1S/C13H23N3S2/c1-5-17-10-8-6-7-9(10)14-12-15-11(16-18-12)13(2,3)4/h9-10H,5-8H2,1-4H3,(H,14,15,16). The van der Waals surface area contributed by atoms with E-state index in [0.29, 0.717) is 6.04 Å². The molecule has 0 bridgehead atoms. The first-order valence-corrected chi connectivity index (χ1v) is 8.55. The molecule has 3 nitrogen and oxygen atoms in total. The van der Waals surface area contributed by atoms with E-state index >= 15 is 0 Å². The number of hydrogen-bond acceptors (Lipinski definition) is 5. The minimum Gasteiger partial charge on any atom is -0.356 e. The van der Waals surface area contributed by atoms with Crippen LogP contribution >= 0.6 is 23.3 Å². The number of hydrogen-bond donors (Lipinski definition) is 1. The zero-order valence-corrected chi connectivity index (χ0v) is 13.3. The first kappa shape index (κ1) is 14.1. The first-order valence-electron chi connectivity index (χ1n) is 6.73. The van der Waals surface area contributed by atoms with Gasteiger partial charge in [0.05, 0.1) is 0 Å². The van der Waals surface area contributed by atoms with Gasteiger partial charge < -0.3 is 5.32 Å². The van der Waals surface area contributed by atoms with Gasteiger partial charge in [0, 0.05) is 28.2 Å². The second kappa shape index (κ2) is 5.78. The molecule has 2 rings (SSSR count). The van der Waals surface area contributed by atoms with Crippen molar-refractivity contribution in [3.05, 3.63) is 5.82 Å². The smallest absolute Gasteiger partial charge is 0.202 e. The fourth-order valence-electron chi connectivity index (χ4n) is 2.25. The van der Waals surface area contributed by atoms with E-state index in [9.17, 15) is 0 Å². The van der Waals surface area contributed by atoms with Crippen molar-refractivity contribution in [2.75, 3.05) is 11.1 Å². The molecule has 1 heterocycles. The fraction of sp³-hybridized carbons (Fsp3) is 0.846. The van der Waals surface area contributed by atoms with Gasteiger partial charge >= 0.3 is 0 Å². The van der Waals surface area contributed by atoms with Crippen molar-refractivity contribution < 1.29 is 0 Å². The van der Waals surface area contributed by atoms with Crippen LogP contribution in [0.2, 0.25) is 0 Å². The quantitative estimate of drug-likeness (QED) is 0.910. The van der Waals surface area contributed by atoms with Crippen molar-refractivity contribution in [3.8, 4) is 0 Å². The molecule has 2 unspecified atom stereocenters. The molecule has 1 aliphatic carbocycles. The number of thioether (sulfide) groups is 1. The summed E-state index contributed by atoms with van der Waals surface area (Å²) in [5.74, 6) is 2.15. The molecule has 0 aromatic carbocycles. The van der Waals surface area contributed by atoms with Crippen molar-refractivity contribution >= 4 is 28.4 Å². The van der Waals surface area contributed by atoms with Crippen LogP contribution in [0, 0.1) is 0 Å². The summed E-state index contributed by atoms with van der Waals surface area (Å²) < 4.78 is 4.46. The maximum absolute atomic E-state index is 4.63. The molecule has 1 N–H and O–H groups in total. The lowest BCUT2D eigenvalue weighted by Gasteiger charge is -2.19. The summed E-state index contributed by atoms with van der Waals surface area (Å²) in [6.45, 7) is 8.71. The van der Waals surface area contributed by atoms with Gasteiger partial charge in [-0.25, -0.2) is 4.98 Å². The van der Waals surface area contributed by atoms with Crippen molar-refractivity contribution in [2.45, 2.75) is 63.7 Å². The lowest BCUT2D eigenvalue weighted by atomic mass is 9.96. The highest BCUT2D eigenvalue weighted by atomic mass is 32.2. The molecule has 1 aromatic heterocycles. The number of anilines is 1. The zero-order valence-electron chi connectivity index (χ0n) is 11.7. The Labute approximate surface area is 118 Å². The number of aromatic nitrogens is 2. The van der Waals surface area contributed by atoms with E-state index < -0.39 is 0 Å². The average molecular weight is 285 g/mol. The van der Waals surface area contributed by atoms with Gasteiger partial charge in [0.1, 0.15) is 5.82 Å². The van der Waals surface area contributed by atoms with Crippen LogP contribution in [0.5, 0.6) is 0 Å². The third kappa shape index (κ3) is 3.38. The molecule has 1 aromatic rings. The summed E-state index contributed by atoms with van der Waals surface area (Å²) >= 11 is 3.57. The highest BCUT2D eigenvalue weighted by molar-refractivity contribution is 7.99. The van der Waals surface area contributed by atoms with Crippen molar-refractivity contribution in [2.24, 2.45) is 0 Å². The monoisotopic (exact) mass is 285 g/mol. The van der Waals surface area contributed by atoms with Gasteiger partial charge in [-0.05, 0) is 18.6 Å². The SMILES string of the molecule is CCSC1CCCC1Nc1nc(C(C)(C)C)ns1. The number of nitrogens with zero attached hydrogens (tertiary/aromatic N) is 2. The average Bonchev–Trinajstić information content (AvgIpc) is 2.89. The number of rotatable bonds is 4. The lowest BCUT2D eigenvalue weighted by molar-refractivity contribution is 0.555.